The number of nitrogens with one attached hydrogen (secondary N) is 5. The summed E-state index contributed by atoms with van der Waals surface area (Å²) in [6, 6.07) is 11.1. The van der Waals surface area contributed by atoms with E-state index in [2.05, 4.69) is 76.4 Å². The van der Waals surface area contributed by atoms with E-state index in [9.17, 15) is 19.2 Å². The Labute approximate surface area is 378 Å². The predicted molar refractivity (Wildman–Crippen MR) is 248 cm³/mol. The molecular formula is C44H62N16O5. The Balaban J connectivity index is 0.000000231. The van der Waals surface area contributed by atoms with Gasteiger partial charge in [-0.05, 0) is 92.3 Å². The van der Waals surface area contributed by atoms with Crippen molar-refractivity contribution in [3.63, 3.8) is 0 Å². The van der Waals surface area contributed by atoms with Crippen LogP contribution in [-0.2, 0) is 32.0 Å². The summed E-state index contributed by atoms with van der Waals surface area (Å²) in [4.78, 5) is 56.5. The lowest BCUT2D eigenvalue weighted by Gasteiger charge is -2.37. The number of aromatic nitrogens is 10. The molecule has 0 radical (unpaired) electrons. The number of pyridine rings is 2. The fourth-order valence-electron chi connectivity index (χ4n) is 7.24. The first kappa shape index (κ1) is 50.2. The minimum Gasteiger partial charge on any atom is -0.474 e. The quantitative estimate of drug-likeness (QED) is 0.0906. The van der Waals surface area contributed by atoms with E-state index >= 15 is 0 Å². The molecule has 8 rings (SSSR count). The monoisotopic (exact) mass is 895 g/mol. The summed E-state index contributed by atoms with van der Waals surface area (Å²) in [5.74, 6) is -0.394. The highest BCUT2D eigenvalue weighted by Gasteiger charge is 2.35. The highest BCUT2D eigenvalue weighted by Crippen LogP contribution is 2.33. The number of carboxylic acid groups (broad SMARTS) is 1. The van der Waals surface area contributed by atoms with Crippen molar-refractivity contribution in [2.45, 2.75) is 93.2 Å². The maximum absolute atomic E-state index is 13.1. The fourth-order valence-corrected chi connectivity index (χ4v) is 7.24. The Morgan fingerprint density at radius 2 is 1.26 bits per heavy atom. The molecule has 0 bridgehead atoms. The van der Waals surface area contributed by atoms with Crippen molar-refractivity contribution < 1.29 is 24.3 Å². The largest absolute Gasteiger partial charge is 0.474 e. The van der Waals surface area contributed by atoms with Crippen LogP contribution in [0.2, 0.25) is 0 Å². The molecular weight excluding hydrogens is 833 g/mol. The second-order valence-electron chi connectivity index (χ2n) is 15.5. The van der Waals surface area contributed by atoms with Crippen LogP contribution in [0.1, 0.15) is 103 Å². The number of nitrogens with zero attached hydrogens (tertiary/aromatic N) is 9. The Morgan fingerprint density at radius 3 is 1.75 bits per heavy atom. The molecule has 0 aliphatic carbocycles. The molecule has 0 spiro atoms. The minimum absolute atomic E-state index is 0. The number of aromatic amines is 2. The van der Waals surface area contributed by atoms with E-state index in [-0.39, 0.29) is 20.9 Å². The molecule has 3 amide bonds. The van der Waals surface area contributed by atoms with Crippen molar-refractivity contribution in [1.82, 2.24) is 60.1 Å². The van der Waals surface area contributed by atoms with E-state index in [0.717, 1.165) is 59.5 Å². The van der Waals surface area contributed by atoms with Gasteiger partial charge in [-0.1, -0.05) is 42.5 Å². The Morgan fingerprint density at radius 1 is 0.738 bits per heavy atom. The van der Waals surface area contributed by atoms with Crippen LogP contribution in [0.5, 0.6) is 0 Å². The molecule has 2 aliphatic heterocycles. The summed E-state index contributed by atoms with van der Waals surface area (Å²) < 4.78 is 3.51. The molecule has 348 valence electrons. The van der Waals surface area contributed by atoms with Crippen LogP contribution in [0.25, 0.3) is 11.6 Å². The zero-order valence-corrected chi connectivity index (χ0v) is 35.7. The molecule has 65 heavy (non-hydrogen) atoms. The van der Waals surface area contributed by atoms with Crippen LogP contribution in [-0.4, -0.2) is 96.7 Å². The first-order valence-corrected chi connectivity index (χ1v) is 20.8. The number of nitrogens with two attached hydrogens (primary N) is 2. The van der Waals surface area contributed by atoms with Crippen molar-refractivity contribution in [1.29, 1.82) is 0 Å². The highest BCUT2D eigenvalue weighted by molar-refractivity contribution is 6.39. The number of likely N-dealkylation sites (tertiary alicyclic amines) is 1. The van der Waals surface area contributed by atoms with Gasteiger partial charge in [0.1, 0.15) is 23.3 Å². The lowest BCUT2D eigenvalue weighted by Crippen LogP contribution is -2.46. The molecule has 0 unspecified atom stereocenters. The first-order chi connectivity index (χ1) is 30.3. The molecule has 4 atom stereocenters. The van der Waals surface area contributed by atoms with E-state index in [1.54, 1.807) is 40.2 Å². The smallest absolute Gasteiger partial charge is 0.394 e. The zero-order chi connectivity index (χ0) is 45.0. The number of rotatable bonds is 8. The standard InChI is InChI=1S/C21H26N8O2.C12H17N5.C9H11N3O3.2CH4/c1-3-14-10-15(11-23-19(14)22)25-20(30)21(31)28-12-13(2)4-5-17(28)16-7-9-29(27-16)18-6-8-24-26-18;1-9-2-3-10(13-8-9)11-5-7-17(16-11)12-4-6-14-15-12;1-2-5-3-6(4-11-7(5)10)12-8(13)9(14)15;;/h6-11,13,17H,3-5,12H2,1-2H3,(H2,22,23)(H,24,26)(H,25,30);4-7,9-10,13H,2-3,8H2,1H3,(H,14,15);3-4H,2H2,1H3,(H2,10,11)(H,12,13)(H,14,15);2*1H4/t13-,17+;9-,10+;;;/m10.../s1. The summed E-state index contributed by atoms with van der Waals surface area (Å²) in [5.41, 5.74) is 15.6. The average Bonchev–Trinajstić information content (AvgIpc) is 4.14. The summed E-state index contributed by atoms with van der Waals surface area (Å²) in [5, 5.41) is 39.6. The van der Waals surface area contributed by atoms with Crippen molar-refractivity contribution in [3.8, 4) is 11.6 Å². The second-order valence-corrected chi connectivity index (χ2v) is 15.5. The topological polar surface area (TPSA) is 299 Å². The van der Waals surface area contributed by atoms with Crippen LogP contribution < -0.4 is 27.4 Å². The minimum atomic E-state index is -1.54. The average molecular weight is 895 g/mol. The van der Waals surface area contributed by atoms with Gasteiger partial charge in [0.15, 0.2) is 0 Å². The van der Waals surface area contributed by atoms with E-state index in [0.29, 0.717) is 54.4 Å². The van der Waals surface area contributed by atoms with Gasteiger partial charge in [-0.3, -0.25) is 24.6 Å². The Kier molecular flexibility index (Phi) is 18.0. The van der Waals surface area contributed by atoms with Gasteiger partial charge in [0.2, 0.25) is 0 Å². The normalized spacial score (nSPS) is 17.7. The van der Waals surface area contributed by atoms with E-state index < -0.39 is 23.7 Å². The number of amides is 3. The van der Waals surface area contributed by atoms with Crippen LogP contribution in [0.15, 0.2) is 73.6 Å². The number of hydrogen-bond acceptors (Lipinski definition) is 13. The van der Waals surface area contributed by atoms with Gasteiger partial charge in [0.05, 0.1) is 59.6 Å². The summed E-state index contributed by atoms with van der Waals surface area (Å²) in [6.45, 7) is 9.78. The number of carbonyl (C=O) groups is 4. The molecule has 21 heteroatoms. The van der Waals surface area contributed by atoms with E-state index in [1.165, 1.54) is 25.2 Å². The van der Waals surface area contributed by atoms with Crippen molar-refractivity contribution >= 4 is 46.7 Å². The van der Waals surface area contributed by atoms with Crippen LogP contribution >= 0.6 is 0 Å². The van der Waals surface area contributed by atoms with Gasteiger partial charge in [0, 0.05) is 31.1 Å². The molecule has 10 N–H and O–H groups in total. The number of anilines is 4. The van der Waals surface area contributed by atoms with Crippen molar-refractivity contribution in [2.24, 2.45) is 11.8 Å². The maximum Gasteiger partial charge on any atom is 0.394 e. The second kappa shape index (κ2) is 23.3. The van der Waals surface area contributed by atoms with Gasteiger partial charge in [0.25, 0.3) is 0 Å². The summed E-state index contributed by atoms with van der Waals surface area (Å²) >= 11 is 0. The molecule has 0 aromatic carbocycles. The van der Waals surface area contributed by atoms with Crippen LogP contribution in [0.3, 0.4) is 0 Å². The Hall–Kier alpha value is -7.42. The molecule has 6 aromatic heterocycles. The van der Waals surface area contributed by atoms with Gasteiger partial charge >= 0.3 is 23.7 Å². The fraction of sp³-hybridized carbons (Fsp3) is 0.409. The van der Waals surface area contributed by atoms with Crippen molar-refractivity contribution in [2.75, 3.05) is 35.2 Å². The van der Waals surface area contributed by atoms with Gasteiger partial charge in [-0.15, -0.1) is 0 Å². The van der Waals surface area contributed by atoms with Crippen LogP contribution in [0.4, 0.5) is 23.0 Å². The molecule has 8 heterocycles. The summed E-state index contributed by atoms with van der Waals surface area (Å²) in [7, 11) is 0. The number of piperidine rings is 2. The lowest BCUT2D eigenvalue weighted by molar-refractivity contribution is -0.147. The van der Waals surface area contributed by atoms with E-state index in [4.69, 9.17) is 16.6 Å². The van der Waals surface area contributed by atoms with Crippen LogP contribution in [0, 0.1) is 11.8 Å². The predicted octanol–water partition coefficient (Wildman–Crippen LogP) is 5.25. The number of H-pyrrole nitrogens is 2. The molecule has 2 aliphatic rings. The third-order valence-electron chi connectivity index (χ3n) is 10.8. The number of carboxylic acids is 1. The Bertz CT molecular complexity index is 2460. The van der Waals surface area contributed by atoms with Gasteiger partial charge in [-0.2, -0.15) is 20.4 Å². The number of aliphatic carboxylic acids is 1. The number of nitrogen functional groups attached to an aromatic ring is 2. The molecule has 21 nitrogen and oxygen atoms in total. The molecule has 6 aromatic rings. The molecule has 2 fully saturated rings. The summed E-state index contributed by atoms with van der Waals surface area (Å²) in [6.07, 6.45) is 15.4. The highest BCUT2D eigenvalue weighted by atomic mass is 16.4. The SMILES string of the molecule is C.C.CCc1cc(NC(=O)C(=O)N2C[C@H](C)CC[C@H]2c2ccn(-c3ccn[nH]3)n2)cnc1N.CCc1cc(NC(=O)C(=O)O)cnc1N.C[C@H]1CC[C@H](c2ccn(-c3ccn[nH]3)n2)NC1. The lowest BCUT2D eigenvalue weighted by atomic mass is 9.92. The molecule has 2 saturated heterocycles. The number of carbonyl (C=O) groups excluding carboxylic acids is 3. The third-order valence-corrected chi connectivity index (χ3v) is 10.8. The maximum atomic E-state index is 13.1. The number of aryl methyl sites for hydroxylation is 2. The molecule has 0 saturated carbocycles. The zero-order valence-electron chi connectivity index (χ0n) is 35.7. The van der Waals surface area contributed by atoms with E-state index in [1.807, 2.05) is 43.1 Å². The van der Waals surface area contributed by atoms with Gasteiger partial charge < -0.3 is 37.4 Å². The number of hydrogen-bond donors (Lipinski definition) is 8. The van der Waals surface area contributed by atoms with Gasteiger partial charge in [-0.25, -0.2) is 24.1 Å². The van der Waals surface area contributed by atoms with Crippen molar-refractivity contribution in [3.05, 3.63) is 96.1 Å². The first-order valence-electron chi connectivity index (χ1n) is 20.8. The third kappa shape index (κ3) is 13.1.